The quantitative estimate of drug-likeness (QED) is 0.166. The first kappa shape index (κ1) is 26.8. The van der Waals surface area contributed by atoms with Crippen LogP contribution in [0, 0.1) is 15.9 Å². The first-order valence-electron chi connectivity index (χ1n) is 17.6. The van der Waals surface area contributed by atoms with Crippen molar-refractivity contribution in [1.29, 1.82) is 0 Å². The number of aromatic nitrogens is 4. The Morgan fingerprint density at radius 3 is 2.49 bits per heavy atom. The topological polar surface area (TPSA) is 36.9 Å². The van der Waals surface area contributed by atoms with Gasteiger partial charge in [0.2, 0.25) is 0 Å². The molecule has 7 aromatic rings. The van der Waals surface area contributed by atoms with E-state index in [2.05, 4.69) is 101 Å². The molecule has 3 heterocycles. The number of pyridine rings is 1. The summed E-state index contributed by atoms with van der Waals surface area (Å²) in [7, 11) is 0. The van der Waals surface area contributed by atoms with Crippen molar-refractivity contribution in [2.45, 2.75) is 64.7 Å². The summed E-state index contributed by atoms with van der Waals surface area (Å²) in [5.74, 6) is 1.90. The molecule has 0 amide bonds. The maximum atomic E-state index is 8.19. The van der Waals surface area contributed by atoms with E-state index in [0.717, 1.165) is 40.6 Å². The molecule has 0 saturated heterocycles. The van der Waals surface area contributed by atoms with Gasteiger partial charge in [-0.05, 0) is 52.8 Å². The monoisotopic (exact) mass is 800 g/mol. The molecule has 1 aliphatic carbocycles. The Morgan fingerprint density at radius 2 is 1.68 bits per heavy atom. The number of rotatable bonds is 4. The minimum atomic E-state index is -2.34. The number of imidazole rings is 1. The molecule has 0 aliphatic heterocycles. The van der Waals surface area contributed by atoms with Crippen LogP contribution in [0.15, 0.2) is 85.1 Å². The predicted octanol–water partition coefficient (Wildman–Crippen LogP) is 9.84. The molecule has 240 valence electrons. The summed E-state index contributed by atoms with van der Waals surface area (Å²) in [5, 5.41) is 2.29. The molecule has 8 rings (SSSR count). The number of benzene rings is 4. The van der Waals surface area contributed by atoms with Gasteiger partial charge in [-0.2, -0.15) is 0 Å². The van der Waals surface area contributed by atoms with Crippen LogP contribution in [0.5, 0.6) is 11.5 Å². The number of fused-ring (bicyclic) bond motifs is 5. The molecule has 6 heteroatoms. The molecule has 0 fully saturated rings. The third-order valence-electron chi connectivity index (χ3n) is 9.61. The molecule has 0 atom stereocenters. The molecule has 0 N–H and O–H groups in total. The van der Waals surface area contributed by atoms with Crippen LogP contribution in [0.3, 0.4) is 0 Å². The van der Waals surface area contributed by atoms with Crippen molar-refractivity contribution in [3.63, 3.8) is 0 Å². The van der Waals surface area contributed by atoms with Gasteiger partial charge in [0.05, 0.1) is 0 Å². The fourth-order valence-electron chi connectivity index (χ4n) is 7.10. The fraction of sp³-hybridized carbons (Fsp3) is 0.268. The molecule has 0 saturated carbocycles. The second kappa shape index (κ2) is 10.9. The van der Waals surface area contributed by atoms with Gasteiger partial charge < -0.3 is 0 Å². The SMILES string of the molecule is [2H]C([2H])([2H])n1[c](=[Pt])n(-c2[c-]c(Oc3[c-]c4c(cc3)c3cc5c(cc3n4-c3cc(C(C)(C)C)ccn3)C(C)(C)CCC5)ccc2)c2ccccc21. The number of ether oxygens (including phenoxy) is 1. The van der Waals surface area contributed by atoms with Gasteiger partial charge in [0.25, 0.3) is 0 Å². The van der Waals surface area contributed by atoms with E-state index in [1.165, 1.54) is 33.1 Å². The summed E-state index contributed by atoms with van der Waals surface area (Å²) >= 11 is 2.08. The average molecular weight is 801 g/mol. The van der Waals surface area contributed by atoms with Crippen LogP contribution in [0.1, 0.15) is 68.3 Å². The molecular formula is C41H38N4OPt-2. The van der Waals surface area contributed by atoms with Crippen LogP contribution in [0.4, 0.5) is 0 Å². The number of aryl methyl sites for hydroxylation is 2. The van der Waals surface area contributed by atoms with Gasteiger partial charge in [-0.3, -0.25) is 0 Å². The summed E-state index contributed by atoms with van der Waals surface area (Å²) < 4.78 is 37.1. The van der Waals surface area contributed by atoms with Crippen molar-refractivity contribution in [3.05, 3.63) is 118 Å². The molecule has 0 bridgehead atoms. The molecule has 47 heavy (non-hydrogen) atoms. The third-order valence-corrected chi connectivity index (χ3v) is 10.6. The van der Waals surface area contributed by atoms with Crippen molar-refractivity contribution in [1.82, 2.24) is 18.7 Å². The van der Waals surface area contributed by atoms with Crippen molar-refractivity contribution in [3.8, 4) is 23.0 Å². The van der Waals surface area contributed by atoms with Crippen molar-refractivity contribution >= 4 is 32.8 Å². The van der Waals surface area contributed by atoms with E-state index < -0.39 is 6.98 Å². The van der Waals surface area contributed by atoms with Crippen LogP contribution in [-0.4, -0.2) is 18.7 Å². The summed E-state index contributed by atoms with van der Waals surface area (Å²) in [6.07, 6.45) is 5.33. The Bertz CT molecular complexity index is 2530. The van der Waals surface area contributed by atoms with E-state index in [1.54, 1.807) is 0 Å². The zero-order valence-electron chi connectivity index (χ0n) is 30.2. The summed E-state index contributed by atoms with van der Waals surface area (Å²) in [4.78, 5) is 4.91. The number of hydrogen-bond donors (Lipinski definition) is 0. The van der Waals surface area contributed by atoms with Gasteiger partial charge in [-0.15, -0.1) is 0 Å². The Morgan fingerprint density at radius 1 is 0.872 bits per heavy atom. The zero-order valence-corrected chi connectivity index (χ0v) is 29.5. The first-order chi connectivity index (χ1) is 23.7. The minimum absolute atomic E-state index is 0.0396. The summed E-state index contributed by atoms with van der Waals surface area (Å²) in [6, 6.07) is 33.3. The van der Waals surface area contributed by atoms with E-state index in [4.69, 9.17) is 13.8 Å². The maximum absolute atomic E-state index is 8.19. The molecule has 0 radical (unpaired) electrons. The third kappa shape index (κ3) is 5.02. The molecular weight excluding hydrogens is 760 g/mol. The summed E-state index contributed by atoms with van der Waals surface area (Å²) in [6.45, 7) is 9.03. The van der Waals surface area contributed by atoms with Gasteiger partial charge in [0.15, 0.2) is 0 Å². The van der Waals surface area contributed by atoms with E-state index in [9.17, 15) is 0 Å². The second-order valence-electron chi connectivity index (χ2n) is 14.2. The van der Waals surface area contributed by atoms with Gasteiger partial charge in [0, 0.05) is 6.20 Å². The standard InChI is InChI=1S/C41H38N4O.Pt/c1-40(2,3)28-18-20-42-39(22-28)45-37-24-31(16-17-32(37)33-21-27-11-10-19-41(4,5)34(27)25-38(33)45)46-30-13-9-12-29(23-30)44-26-43(6)35-14-7-8-15-36(35)44;/h7-9,12-18,20-22,25H,10-11,19H2,1-6H3;/q-2;/i6D3;. The molecule has 1 aliphatic rings. The predicted molar refractivity (Wildman–Crippen MR) is 186 cm³/mol. The number of nitrogens with zero attached hydrogens (tertiary/aromatic N) is 4. The van der Waals surface area contributed by atoms with Crippen LogP contribution in [0.25, 0.3) is 44.3 Å². The molecule has 4 aromatic carbocycles. The van der Waals surface area contributed by atoms with Gasteiger partial charge >= 0.3 is 198 Å². The number of hydrogen-bond acceptors (Lipinski definition) is 2. The Labute approximate surface area is 291 Å². The van der Waals surface area contributed by atoms with E-state index >= 15 is 0 Å². The van der Waals surface area contributed by atoms with Crippen molar-refractivity contribution < 1.29 is 28.2 Å². The normalized spacial score (nSPS) is 15.9. The van der Waals surface area contributed by atoms with Crippen LogP contribution >= 0.6 is 0 Å². The molecule has 0 spiro atoms. The summed E-state index contributed by atoms with van der Waals surface area (Å²) in [5.41, 5.74) is 8.18. The average Bonchev–Trinajstić information content (AvgIpc) is 3.54. The van der Waals surface area contributed by atoms with Gasteiger partial charge in [-0.25, -0.2) is 0 Å². The van der Waals surface area contributed by atoms with Crippen LogP contribution in [-0.2, 0) is 43.6 Å². The van der Waals surface area contributed by atoms with Gasteiger partial charge in [0.1, 0.15) is 0 Å². The molecule has 5 nitrogen and oxygen atoms in total. The van der Waals surface area contributed by atoms with Gasteiger partial charge in [-0.1, -0.05) is 34.6 Å². The number of para-hydroxylation sites is 2. The van der Waals surface area contributed by atoms with E-state index in [0.29, 0.717) is 26.5 Å². The Kier molecular flexibility index (Phi) is 6.23. The fourth-order valence-corrected chi connectivity index (χ4v) is 7.92. The first-order valence-corrected chi connectivity index (χ1v) is 17.2. The molecule has 3 aromatic heterocycles. The zero-order chi connectivity index (χ0) is 35.2. The van der Waals surface area contributed by atoms with E-state index in [1.807, 2.05) is 59.3 Å². The Hall–Kier alpha value is -4.21. The van der Waals surface area contributed by atoms with Crippen molar-refractivity contribution in [2.75, 3.05) is 0 Å². The van der Waals surface area contributed by atoms with Crippen LogP contribution in [0.2, 0.25) is 0 Å². The van der Waals surface area contributed by atoms with Crippen LogP contribution < -0.4 is 4.74 Å². The Balaban J connectivity index is 1.28. The molecule has 0 unspecified atom stereocenters. The van der Waals surface area contributed by atoms with E-state index in [-0.39, 0.29) is 10.8 Å². The second-order valence-corrected chi connectivity index (χ2v) is 15.3. The van der Waals surface area contributed by atoms with Crippen molar-refractivity contribution in [2.24, 2.45) is 6.98 Å².